The van der Waals surface area contributed by atoms with Gasteiger partial charge in [-0.15, -0.1) is 0 Å². The molecule has 3 amide bonds. The summed E-state index contributed by atoms with van der Waals surface area (Å²) in [5.41, 5.74) is 20.6. The average Bonchev–Trinajstić information content (AvgIpc) is 2.90. The molecular weight excluding hydrogens is 548 g/mol. The van der Waals surface area contributed by atoms with Crippen LogP contribution in [0.1, 0.15) is 63.7 Å². The Labute approximate surface area is 245 Å². The van der Waals surface area contributed by atoms with E-state index < -0.39 is 47.2 Å². The number of amides is 3. The number of unbranched alkanes of at least 4 members (excludes halogenated alkanes) is 1. The van der Waals surface area contributed by atoms with E-state index in [2.05, 4.69) is 20.9 Å². The molecule has 0 saturated heterocycles. The highest BCUT2D eigenvalue weighted by Crippen LogP contribution is 2.24. The van der Waals surface area contributed by atoms with Crippen LogP contribution in [0.2, 0.25) is 0 Å². The summed E-state index contributed by atoms with van der Waals surface area (Å²) in [6.45, 7) is 5.62. The van der Waals surface area contributed by atoms with Crippen LogP contribution in [0.15, 0.2) is 29.3 Å². The number of aldehydes is 1. The van der Waals surface area contributed by atoms with Crippen LogP contribution in [0.5, 0.6) is 0 Å². The van der Waals surface area contributed by atoms with Crippen molar-refractivity contribution in [3.63, 3.8) is 0 Å². The number of ether oxygens (including phenoxy) is 2. The Morgan fingerprint density at radius 1 is 1.10 bits per heavy atom. The first-order valence-electron chi connectivity index (χ1n) is 13.4. The highest BCUT2D eigenvalue weighted by molar-refractivity contribution is 6.02. The molecule has 0 bridgehead atoms. The van der Waals surface area contributed by atoms with Gasteiger partial charge >= 0.3 is 12.1 Å². The molecule has 0 saturated carbocycles. The highest BCUT2D eigenvalue weighted by Gasteiger charge is 2.43. The van der Waals surface area contributed by atoms with Gasteiger partial charge in [0.25, 0.3) is 0 Å². The van der Waals surface area contributed by atoms with Gasteiger partial charge in [0.05, 0.1) is 13.3 Å². The molecule has 2 atom stereocenters. The maximum atomic E-state index is 13.8. The normalized spacial score (nSPS) is 13.2. The van der Waals surface area contributed by atoms with Crippen LogP contribution in [0.3, 0.4) is 0 Å². The van der Waals surface area contributed by atoms with Gasteiger partial charge in [0.15, 0.2) is 18.3 Å². The number of guanidine groups is 1. The van der Waals surface area contributed by atoms with E-state index in [1.165, 1.54) is 0 Å². The van der Waals surface area contributed by atoms with Crippen molar-refractivity contribution in [3.8, 4) is 0 Å². The smallest absolute Gasteiger partial charge is 0.407 e. The van der Waals surface area contributed by atoms with E-state index in [4.69, 9.17) is 32.4 Å². The summed E-state index contributed by atoms with van der Waals surface area (Å²) < 4.78 is 10.1. The van der Waals surface area contributed by atoms with E-state index >= 15 is 0 Å². The molecule has 0 heterocycles. The Hall–Kier alpha value is -4.24. The van der Waals surface area contributed by atoms with Gasteiger partial charge in [0.2, 0.25) is 11.8 Å². The van der Waals surface area contributed by atoms with Crippen molar-refractivity contribution < 1.29 is 33.4 Å². The second-order valence-corrected chi connectivity index (χ2v) is 10.6. The molecule has 1 aromatic rings. The van der Waals surface area contributed by atoms with Gasteiger partial charge in [0.1, 0.15) is 11.1 Å². The summed E-state index contributed by atoms with van der Waals surface area (Å²) in [5.74, 6) is -2.35. The molecule has 0 aliphatic heterocycles. The molecule has 0 aromatic heterocycles. The number of nitrogens with zero attached hydrogens (tertiary/aromatic N) is 1. The van der Waals surface area contributed by atoms with Crippen LogP contribution < -0.4 is 38.9 Å². The van der Waals surface area contributed by atoms with Crippen molar-refractivity contribution in [3.05, 3.63) is 35.4 Å². The van der Waals surface area contributed by atoms with E-state index in [1.54, 1.807) is 45.0 Å². The van der Waals surface area contributed by atoms with Crippen molar-refractivity contribution in [2.75, 3.05) is 20.2 Å². The van der Waals surface area contributed by atoms with E-state index in [-0.39, 0.29) is 38.1 Å². The fourth-order valence-electron chi connectivity index (χ4n) is 3.87. The third-order valence-electron chi connectivity index (χ3n) is 5.86. The third-order valence-corrected chi connectivity index (χ3v) is 5.86. The van der Waals surface area contributed by atoms with Crippen LogP contribution in [0.25, 0.3) is 0 Å². The molecule has 1 rings (SSSR count). The molecule has 15 nitrogen and oxygen atoms in total. The van der Waals surface area contributed by atoms with Gasteiger partial charge in [-0.05, 0) is 51.2 Å². The van der Waals surface area contributed by atoms with Crippen molar-refractivity contribution in [1.29, 1.82) is 0 Å². The third kappa shape index (κ3) is 13.0. The lowest BCUT2D eigenvalue weighted by molar-refractivity contribution is -0.155. The first-order chi connectivity index (χ1) is 19.6. The Kier molecular flexibility index (Phi) is 14.4. The Morgan fingerprint density at radius 2 is 1.79 bits per heavy atom. The van der Waals surface area contributed by atoms with E-state index in [0.717, 1.165) is 7.11 Å². The quantitative estimate of drug-likeness (QED) is 0.0238. The van der Waals surface area contributed by atoms with Crippen LogP contribution >= 0.6 is 0 Å². The summed E-state index contributed by atoms with van der Waals surface area (Å²) in [7, 11) is 1.11. The fraction of sp³-hybridized carbons (Fsp3) is 0.556. The minimum absolute atomic E-state index is 0.0453. The number of nitrogens with one attached hydrogen (secondary N) is 3. The number of carbonyl (C=O) groups is 5. The number of methoxy groups -OCH3 is 1. The van der Waals surface area contributed by atoms with Gasteiger partial charge < -0.3 is 53.2 Å². The van der Waals surface area contributed by atoms with Gasteiger partial charge in [-0.25, -0.2) is 4.79 Å². The zero-order chi connectivity index (χ0) is 31.9. The SMILES string of the molecule is COC(=O)N[C@](CCC(=O)OC(C)(C)C)(Cc1cccc(C(N)N)c1)C(=O)N[C@@H](C=O)C(=O)NCCCCN=C(N)N. The average molecular weight is 593 g/mol. The number of rotatable bonds is 16. The molecule has 15 heteroatoms. The van der Waals surface area contributed by atoms with E-state index in [1.807, 2.05) is 0 Å². The zero-order valence-corrected chi connectivity index (χ0v) is 24.6. The first kappa shape index (κ1) is 35.8. The molecule has 0 aliphatic rings. The first-order valence-corrected chi connectivity index (χ1v) is 13.4. The standard InChI is InChI=1S/C27H44N8O7/c1-26(2,3)42-20(37)10-11-27(35-25(40)41-4,15-17-8-7-9-18(14-17)21(28)29)23(39)34-19(16-36)22(38)32-12-5-6-13-33-24(30)31/h7-9,14,16,19,21H,5-6,10-13,15,28-29H2,1-4H3,(H,32,38)(H,34,39)(H,35,40)(H4,30,31,33)/t19-,27+/m0/s1. The minimum atomic E-state index is -1.86. The summed E-state index contributed by atoms with van der Waals surface area (Å²) >= 11 is 0. The zero-order valence-electron chi connectivity index (χ0n) is 24.6. The van der Waals surface area contributed by atoms with Crippen molar-refractivity contribution >= 4 is 36.1 Å². The van der Waals surface area contributed by atoms with Gasteiger partial charge in [-0.3, -0.25) is 19.4 Å². The van der Waals surface area contributed by atoms with Crippen molar-refractivity contribution in [1.82, 2.24) is 16.0 Å². The topological polar surface area (TPSA) is 256 Å². The minimum Gasteiger partial charge on any atom is -0.460 e. The Morgan fingerprint density at radius 3 is 2.36 bits per heavy atom. The van der Waals surface area contributed by atoms with Crippen LogP contribution in [-0.2, 0) is 35.1 Å². The summed E-state index contributed by atoms with van der Waals surface area (Å²) in [6.07, 6.45) is -1.19. The summed E-state index contributed by atoms with van der Waals surface area (Å²) in [5, 5.41) is 7.47. The van der Waals surface area contributed by atoms with Gasteiger partial charge in [-0.1, -0.05) is 24.3 Å². The van der Waals surface area contributed by atoms with E-state index in [0.29, 0.717) is 30.5 Å². The number of benzene rings is 1. The predicted octanol–water partition coefficient (Wildman–Crippen LogP) is -0.785. The largest absolute Gasteiger partial charge is 0.460 e. The van der Waals surface area contributed by atoms with Crippen LogP contribution in [0.4, 0.5) is 4.79 Å². The molecule has 42 heavy (non-hydrogen) atoms. The van der Waals surface area contributed by atoms with Crippen LogP contribution in [-0.4, -0.2) is 73.5 Å². The fourth-order valence-corrected chi connectivity index (χ4v) is 3.87. The lowest BCUT2D eigenvalue weighted by atomic mass is 9.84. The van der Waals surface area contributed by atoms with Gasteiger partial charge in [0, 0.05) is 25.9 Å². The monoisotopic (exact) mass is 592 g/mol. The molecule has 0 radical (unpaired) electrons. The lowest BCUT2D eigenvalue weighted by Gasteiger charge is -2.34. The molecule has 0 fully saturated rings. The molecule has 0 unspecified atom stereocenters. The van der Waals surface area contributed by atoms with Crippen molar-refractivity contribution in [2.24, 2.45) is 27.9 Å². The molecule has 1 aromatic carbocycles. The van der Waals surface area contributed by atoms with E-state index in [9.17, 15) is 24.0 Å². The Bertz CT molecular complexity index is 1120. The predicted molar refractivity (Wildman–Crippen MR) is 156 cm³/mol. The molecular formula is C27H44N8O7. The maximum Gasteiger partial charge on any atom is 0.407 e. The summed E-state index contributed by atoms with van der Waals surface area (Å²) in [4.78, 5) is 67.4. The number of aliphatic imine (C=N–C) groups is 1. The maximum absolute atomic E-state index is 13.8. The number of carbonyl (C=O) groups excluding carboxylic acids is 5. The lowest BCUT2D eigenvalue weighted by Crippen LogP contribution is -2.63. The number of hydrogen-bond acceptors (Lipinski definition) is 10. The second kappa shape index (κ2) is 16.9. The number of nitrogens with two attached hydrogens (primary N) is 4. The van der Waals surface area contributed by atoms with Gasteiger partial charge in [-0.2, -0.15) is 0 Å². The number of alkyl carbamates (subject to hydrolysis) is 1. The van der Waals surface area contributed by atoms with Crippen molar-refractivity contribution in [2.45, 2.75) is 76.2 Å². The molecule has 0 aliphatic carbocycles. The Balaban J connectivity index is 3.29. The molecule has 0 spiro atoms. The summed E-state index contributed by atoms with van der Waals surface area (Å²) in [6, 6.07) is 5.08. The highest BCUT2D eigenvalue weighted by atomic mass is 16.6. The van der Waals surface area contributed by atoms with Crippen LogP contribution in [0, 0.1) is 0 Å². The number of hydrogen-bond donors (Lipinski definition) is 7. The number of esters is 1. The second-order valence-electron chi connectivity index (χ2n) is 10.6. The molecule has 11 N–H and O–H groups in total. The molecule has 234 valence electrons.